The summed E-state index contributed by atoms with van der Waals surface area (Å²) in [5.41, 5.74) is 6.92. The molecule has 7 heteroatoms. The van der Waals surface area contributed by atoms with E-state index in [0.29, 0.717) is 6.54 Å². The van der Waals surface area contributed by atoms with E-state index in [2.05, 4.69) is 23.5 Å². The molecule has 0 spiro atoms. The predicted octanol–water partition coefficient (Wildman–Crippen LogP) is 1.16. The van der Waals surface area contributed by atoms with Gasteiger partial charge in [0.15, 0.2) is 0 Å². The third kappa shape index (κ3) is 4.09. The summed E-state index contributed by atoms with van der Waals surface area (Å²) in [5, 5.41) is 9.25. The lowest BCUT2D eigenvalue weighted by atomic mass is 10.1. The number of benzene rings is 1. The average Bonchev–Trinajstić information content (AvgIpc) is 2.47. The van der Waals surface area contributed by atoms with E-state index in [9.17, 15) is 13.5 Å². The fourth-order valence-corrected chi connectivity index (χ4v) is 3.27. The highest BCUT2D eigenvalue weighted by Crippen LogP contribution is 2.27. The molecule has 0 fully saturated rings. The Morgan fingerprint density at radius 2 is 1.95 bits per heavy atom. The molecule has 0 saturated heterocycles. The van der Waals surface area contributed by atoms with Gasteiger partial charge in [-0.05, 0) is 38.1 Å². The number of aliphatic hydroxyl groups excluding tert-OH is 1. The Balaban J connectivity index is 3.21. The molecule has 0 aliphatic carbocycles. The fourth-order valence-electron chi connectivity index (χ4n) is 2.43. The minimum absolute atomic E-state index is 0.0347. The van der Waals surface area contributed by atoms with Crippen LogP contribution in [0.2, 0.25) is 0 Å². The molecule has 0 unspecified atom stereocenters. The Morgan fingerprint density at radius 1 is 1.33 bits per heavy atom. The third-order valence-electron chi connectivity index (χ3n) is 3.61. The maximum atomic E-state index is 11.8. The largest absolute Gasteiger partial charge is 0.398 e. The Kier molecular flexibility index (Phi) is 6.44. The minimum Gasteiger partial charge on any atom is -0.398 e. The van der Waals surface area contributed by atoms with Gasteiger partial charge >= 0.3 is 0 Å². The number of hydrogen-bond acceptors (Lipinski definition) is 5. The van der Waals surface area contributed by atoms with E-state index in [4.69, 9.17) is 5.73 Å². The van der Waals surface area contributed by atoms with Gasteiger partial charge in [-0.3, -0.25) is 0 Å². The summed E-state index contributed by atoms with van der Waals surface area (Å²) in [6, 6.07) is 5.17. The lowest BCUT2D eigenvalue weighted by molar-refractivity contribution is 0.296. The summed E-state index contributed by atoms with van der Waals surface area (Å²) in [6.45, 7) is 4.69. The van der Waals surface area contributed by atoms with Crippen LogP contribution in [0.3, 0.4) is 0 Å². The molecule has 21 heavy (non-hydrogen) atoms. The highest BCUT2D eigenvalue weighted by atomic mass is 32.2. The summed E-state index contributed by atoms with van der Waals surface area (Å²) in [6.07, 6.45) is 1.87. The van der Waals surface area contributed by atoms with E-state index in [1.54, 1.807) is 12.1 Å². The molecular weight excluding hydrogens is 290 g/mol. The van der Waals surface area contributed by atoms with E-state index in [1.165, 1.54) is 13.1 Å². The number of rotatable bonds is 8. The zero-order chi connectivity index (χ0) is 16.0. The first-order valence-electron chi connectivity index (χ1n) is 7.11. The van der Waals surface area contributed by atoms with Crippen LogP contribution in [0.4, 0.5) is 11.4 Å². The molecular formula is C14H25N3O3S. The van der Waals surface area contributed by atoms with Gasteiger partial charge in [0, 0.05) is 18.3 Å². The minimum atomic E-state index is -3.56. The zero-order valence-corrected chi connectivity index (χ0v) is 13.7. The standard InChI is InChI=1S/C14H25N3O3S/c1-4-11(5-2)17(8-9-18)12-6-7-14(13(15)10-12)21(19,20)16-3/h6-7,10-11,16,18H,4-5,8-9,15H2,1-3H3. The van der Waals surface area contributed by atoms with Crippen LogP contribution in [0.5, 0.6) is 0 Å². The number of aliphatic hydroxyl groups is 1. The maximum absolute atomic E-state index is 11.8. The molecule has 0 aromatic heterocycles. The normalized spacial score (nSPS) is 11.9. The summed E-state index contributed by atoms with van der Waals surface area (Å²) in [5.74, 6) is 0. The van der Waals surface area contributed by atoms with Crippen LogP contribution in [0.15, 0.2) is 23.1 Å². The predicted molar refractivity (Wildman–Crippen MR) is 85.9 cm³/mol. The SMILES string of the molecule is CCC(CC)N(CCO)c1ccc(S(=O)(=O)NC)c(N)c1. The molecule has 0 heterocycles. The molecule has 0 atom stereocenters. The van der Waals surface area contributed by atoms with Crippen molar-refractivity contribution in [1.82, 2.24) is 4.72 Å². The van der Waals surface area contributed by atoms with Crippen molar-refractivity contribution in [3.63, 3.8) is 0 Å². The molecule has 0 bridgehead atoms. The summed E-state index contributed by atoms with van der Waals surface area (Å²) < 4.78 is 25.9. The highest BCUT2D eigenvalue weighted by molar-refractivity contribution is 7.89. The van der Waals surface area contributed by atoms with Crippen molar-refractivity contribution in [2.24, 2.45) is 0 Å². The molecule has 1 aromatic carbocycles. The lowest BCUT2D eigenvalue weighted by Gasteiger charge is -2.32. The van der Waals surface area contributed by atoms with Crippen molar-refractivity contribution < 1.29 is 13.5 Å². The summed E-state index contributed by atoms with van der Waals surface area (Å²) in [7, 11) is -2.21. The van der Waals surface area contributed by atoms with Gasteiger partial charge in [0.1, 0.15) is 4.90 Å². The molecule has 6 nitrogen and oxygen atoms in total. The van der Waals surface area contributed by atoms with Crippen LogP contribution in [-0.2, 0) is 10.0 Å². The van der Waals surface area contributed by atoms with E-state index >= 15 is 0 Å². The molecule has 0 amide bonds. The van der Waals surface area contributed by atoms with Gasteiger partial charge < -0.3 is 15.7 Å². The van der Waals surface area contributed by atoms with Crippen molar-refractivity contribution >= 4 is 21.4 Å². The first-order valence-corrected chi connectivity index (χ1v) is 8.60. The number of nitrogens with zero attached hydrogens (tertiary/aromatic N) is 1. The van der Waals surface area contributed by atoms with Gasteiger partial charge in [-0.15, -0.1) is 0 Å². The summed E-state index contributed by atoms with van der Waals surface area (Å²) >= 11 is 0. The van der Waals surface area contributed by atoms with Crippen LogP contribution in [0, 0.1) is 0 Å². The number of hydrogen-bond donors (Lipinski definition) is 3. The molecule has 0 aliphatic heterocycles. The molecule has 1 rings (SSSR count). The van der Waals surface area contributed by atoms with Gasteiger partial charge in [0.25, 0.3) is 0 Å². The summed E-state index contributed by atoms with van der Waals surface area (Å²) in [4.78, 5) is 2.13. The number of anilines is 2. The molecule has 0 saturated carbocycles. The fraction of sp³-hybridized carbons (Fsp3) is 0.571. The second-order valence-electron chi connectivity index (χ2n) is 4.82. The first kappa shape index (κ1) is 17.7. The number of nitrogens with one attached hydrogen (secondary N) is 1. The van der Waals surface area contributed by atoms with Crippen LogP contribution in [-0.4, -0.2) is 39.8 Å². The van der Waals surface area contributed by atoms with Crippen LogP contribution in [0.25, 0.3) is 0 Å². The van der Waals surface area contributed by atoms with Crippen LogP contribution < -0.4 is 15.4 Å². The second-order valence-corrected chi connectivity index (χ2v) is 6.67. The van der Waals surface area contributed by atoms with Gasteiger partial charge in [-0.1, -0.05) is 13.8 Å². The smallest absolute Gasteiger partial charge is 0.242 e. The van der Waals surface area contributed by atoms with E-state index in [-0.39, 0.29) is 23.2 Å². The lowest BCUT2D eigenvalue weighted by Crippen LogP contribution is -2.36. The quantitative estimate of drug-likeness (QED) is 0.626. The number of nitrogens with two attached hydrogens (primary N) is 1. The molecule has 0 aliphatic rings. The van der Waals surface area contributed by atoms with Crippen molar-refractivity contribution in [1.29, 1.82) is 0 Å². The third-order valence-corrected chi connectivity index (χ3v) is 5.10. The van der Waals surface area contributed by atoms with Gasteiger partial charge in [-0.2, -0.15) is 0 Å². The molecule has 120 valence electrons. The van der Waals surface area contributed by atoms with E-state index in [1.807, 2.05) is 0 Å². The monoisotopic (exact) mass is 315 g/mol. The Morgan fingerprint density at radius 3 is 2.38 bits per heavy atom. The Bertz CT molecular complexity index is 557. The first-order chi connectivity index (χ1) is 9.91. The van der Waals surface area contributed by atoms with Crippen LogP contribution >= 0.6 is 0 Å². The second kappa shape index (κ2) is 7.63. The van der Waals surface area contributed by atoms with E-state index in [0.717, 1.165) is 18.5 Å². The van der Waals surface area contributed by atoms with Crippen molar-refractivity contribution in [2.75, 3.05) is 30.8 Å². The number of sulfonamides is 1. The van der Waals surface area contributed by atoms with Crippen LogP contribution in [0.1, 0.15) is 26.7 Å². The van der Waals surface area contributed by atoms with Gasteiger partial charge in [0.05, 0.1) is 12.3 Å². The van der Waals surface area contributed by atoms with Crippen molar-refractivity contribution in [3.8, 4) is 0 Å². The Labute approximate surface area is 127 Å². The van der Waals surface area contributed by atoms with E-state index < -0.39 is 10.0 Å². The van der Waals surface area contributed by atoms with Gasteiger partial charge in [0.2, 0.25) is 10.0 Å². The number of nitrogen functional groups attached to an aromatic ring is 1. The van der Waals surface area contributed by atoms with Gasteiger partial charge in [-0.25, -0.2) is 13.1 Å². The zero-order valence-electron chi connectivity index (χ0n) is 12.8. The van der Waals surface area contributed by atoms with Crippen molar-refractivity contribution in [2.45, 2.75) is 37.6 Å². The highest BCUT2D eigenvalue weighted by Gasteiger charge is 2.19. The molecule has 0 radical (unpaired) electrons. The molecule has 4 N–H and O–H groups in total. The maximum Gasteiger partial charge on any atom is 0.242 e. The topological polar surface area (TPSA) is 95.7 Å². The average molecular weight is 315 g/mol. The van der Waals surface area contributed by atoms with Crippen molar-refractivity contribution in [3.05, 3.63) is 18.2 Å². The Hall–Kier alpha value is -1.31. The molecule has 1 aromatic rings.